The van der Waals surface area contributed by atoms with Crippen LogP contribution in [0.1, 0.15) is 5.69 Å². The van der Waals surface area contributed by atoms with Crippen molar-refractivity contribution < 1.29 is 8.78 Å². The first-order chi connectivity index (χ1) is 7.24. The molecule has 0 amide bonds. The molecule has 2 rings (SSSR count). The lowest BCUT2D eigenvalue weighted by molar-refractivity contribution is 0.551. The molecule has 4 nitrogen and oxygen atoms in total. The van der Waals surface area contributed by atoms with Gasteiger partial charge in [0, 0.05) is 6.54 Å². The summed E-state index contributed by atoms with van der Waals surface area (Å²) in [5.74, 6) is -1.40. The Bertz CT molecular complexity index is 460. The van der Waals surface area contributed by atoms with Gasteiger partial charge in [-0.15, -0.1) is 5.10 Å². The SMILES string of the molecule is NCc1cnnn1-c1c(F)cccc1F. The lowest BCUT2D eigenvalue weighted by Crippen LogP contribution is -2.10. The Morgan fingerprint density at radius 1 is 1.27 bits per heavy atom. The maximum Gasteiger partial charge on any atom is 0.151 e. The third-order valence-electron chi connectivity index (χ3n) is 1.98. The molecular weight excluding hydrogens is 202 g/mol. The van der Waals surface area contributed by atoms with Crippen LogP contribution < -0.4 is 5.73 Å². The minimum Gasteiger partial charge on any atom is -0.325 e. The quantitative estimate of drug-likeness (QED) is 0.804. The lowest BCUT2D eigenvalue weighted by Gasteiger charge is -2.06. The fraction of sp³-hybridized carbons (Fsp3) is 0.111. The molecule has 15 heavy (non-hydrogen) atoms. The van der Waals surface area contributed by atoms with Gasteiger partial charge in [-0.25, -0.2) is 13.5 Å². The van der Waals surface area contributed by atoms with Crippen LogP contribution in [0.25, 0.3) is 5.69 Å². The molecule has 0 spiro atoms. The van der Waals surface area contributed by atoms with E-state index in [1.54, 1.807) is 0 Å². The first kappa shape index (κ1) is 9.72. The fourth-order valence-electron chi connectivity index (χ4n) is 1.28. The minimum absolute atomic E-state index is 0.112. The zero-order chi connectivity index (χ0) is 10.8. The van der Waals surface area contributed by atoms with Crippen LogP contribution in [0.4, 0.5) is 8.78 Å². The van der Waals surface area contributed by atoms with E-state index in [-0.39, 0.29) is 12.2 Å². The van der Waals surface area contributed by atoms with E-state index in [0.29, 0.717) is 5.69 Å². The number of hydrogen-bond acceptors (Lipinski definition) is 3. The van der Waals surface area contributed by atoms with Crippen molar-refractivity contribution in [2.75, 3.05) is 0 Å². The van der Waals surface area contributed by atoms with Crippen LogP contribution in [-0.2, 0) is 6.54 Å². The third-order valence-corrected chi connectivity index (χ3v) is 1.98. The number of halogens is 2. The molecule has 78 valence electrons. The van der Waals surface area contributed by atoms with E-state index in [2.05, 4.69) is 10.3 Å². The summed E-state index contributed by atoms with van der Waals surface area (Å²) >= 11 is 0. The molecule has 0 radical (unpaired) electrons. The summed E-state index contributed by atoms with van der Waals surface area (Å²) in [6.07, 6.45) is 1.37. The zero-order valence-corrected chi connectivity index (χ0v) is 7.69. The number of rotatable bonds is 2. The maximum atomic E-state index is 13.4. The van der Waals surface area contributed by atoms with Gasteiger partial charge in [-0.3, -0.25) is 0 Å². The van der Waals surface area contributed by atoms with Crippen molar-refractivity contribution in [3.8, 4) is 5.69 Å². The summed E-state index contributed by atoms with van der Waals surface area (Å²) in [5.41, 5.74) is 5.58. The van der Waals surface area contributed by atoms with Crippen molar-refractivity contribution in [3.63, 3.8) is 0 Å². The second-order valence-electron chi connectivity index (χ2n) is 2.91. The van der Waals surface area contributed by atoms with E-state index in [9.17, 15) is 8.78 Å². The predicted octanol–water partition coefficient (Wildman–Crippen LogP) is 1.00. The maximum absolute atomic E-state index is 13.4. The van der Waals surface area contributed by atoms with Gasteiger partial charge < -0.3 is 5.73 Å². The Balaban J connectivity index is 2.63. The molecule has 2 aromatic rings. The number of benzene rings is 1. The molecule has 0 atom stereocenters. The van der Waals surface area contributed by atoms with Crippen LogP contribution in [0.15, 0.2) is 24.4 Å². The van der Waals surface area contributed by atoms with Crippen molar-refractivity contribution in [3.05, 3.63) is 41.7 Å². The molecule has 0 fully saturated rings. The van der Waals surface area contributed by atoms with Crippen molar-refractivity contribution in [2.24, 2.45) is 5.73 Å². The molecule has 0 saturated carbocycles. The van der Waals surface area contributed by atoms with Crippen LogP contribution in [0.2, 0.25) is 0 Å². The molecule has 0 bridgehead atoms. The van der Waals surface area contributed by atoms with Gasteiger partial charge in [0.1, 0.15) is 5.69 Å². The molecule has 1 heterocycles. The standard InChI is InChI=1S/C9H8F2N4/c10-7-2-1-3-8(11)9(7)15-6(4-12)5-13-14-15/h1-3,5H,4,12H2. The first-order valence-electron chi connectivity index (χ1n) is 4.28. The fourth-order valence-corrected chi connectivity index (χ4v) is 1.28. The highest BCUT2D eigenvalue weighted by Gasteiger charge is 2.14. The van der Waals surface area contributed by atoms with Gasteiger partial charge in [-0.1, -0.05) is 11.3 Å². The topological polar surface area (TPSA) is 56.7 Å². The van der Waals surface area contributed by atoms with E-state index in [4.69, 9.17) is 5.73 Å². The zero-order valence-electron chi connectivity index (χ0n) is 7.69. The molecule has 0 saturated heterocycles. The van der Waals surface area contributed by atoms with Gasteiger partial charge in [0.15, 0.2) is 11.6 Å². The highest BCUT2D eigenvalue weighted by molar-refractivity contribution is 5.35. The van der Waals surface area contributed by atoms with Gasteiger partial charge in [0.05, 0.1) is 11.9 Å². The van der Waals surface area contributed by atoms with Crippen molar-refractivity contribution in [2.45, 2.75) is 6.54 Å². The second kappa shape index (κ2) is 3.74. The lowest BCUT2D eigenvalue weighted by atomic mass is 10.3. The van der Waals surface area contributed by atoms with E-state index >= 15 is 0 Å². The summed E-state index contributed by atoms with van der Waals surface area (Å²) in [4.78, 5) is 0. The second-order valence-corrected chi connectivity index (χ2v) is 2.91. The van der Waals surface area contributed by atoms with Gasteiger partial charge in [-0.2, -0.15) is 0 Å². The molecule has 0 aliphatic heterocycles. The normalized spacial score (nSPS) is 10.6. The number of hydrogen-bond donors (Lipinski definition) is 1. The highest BCUT2D eigenvalue weighted by Crippen LogP contribution is 2.17. The minimum atomic E-state index is -0.699. The van der Waals surface area contributed by atoms with Crippen LogP contribution >= 0.6 is 0 Å². The molecular formula is C9H8F2N4. The van der Waals surface area contributed by atoms with Crippen LogP contribution in [0, 0.1) is 11.6 Å². The summed E-state index contributed by atoms with van der Waals surface area (Å²) in [6, 6.07) is 3.59. The number of nitrogens with two attached hydrogens (primary N) is 1. The summed E-state index contributed by atoms with van der Waals surface area (Å²) < 4.78 is 27.8. The molecule has 6 heteroatoms. The van der Waals surface area contributed by atoms with E-state index in [1.807, 2.05) is 0 Å². The van der Waals surface area contributed by atoms with Gasteiger partial charge >= 0.3 is 0 Å². The predicted molar refractivity (Wildman–Crippen MR) is 49.2 cm³/mol. The molecule has 0 unspecified atom stereocenters. The average Bonchev–Trinajstić information content (AvgIpc) is 2.65. The van der Waals surface area contributed by atoms with E-state index < -0.39 is 11.6 Å². The monoisotopic (exact) mass is 210 g/mol. The molecule has 2 N–H and O–H groups in total. The Labute approximate surface area is 84.3 Å². The Morgan fingerprint density at radius 2 is 1.93 bits per heavy atom. The van der Waals surface area contributed by atoms with Crippen molar-refractivity contribution in [1.29, 1.82) is 0 Å². The van der Waals surface area contributed by atoms with E-state index in [1.165, 1.54) is 12.3 Å². The summed E-state index contributed by atoms with van der Waals surface area (Å²) in [5, 5.41) is 7.14. The van der Waals surface area contributed by atoms with Crippen LogP contribution in [0.3, 0.4) is 0 Å². The number of nitrogens with zero attached hydrogens (tertiary/aromatic N) is 3. The van der Waals surface area contributed by atoms with Crippen LogP contribution in [0.5, 0.6) is 0 Å². The van der Waals surface area contributed by atoms with Gasteiger partial charge in [0.25, 0.3) is 0 Å². The molecule has 0 aliphatic rings. The summed E-state index contributed by atoms with van der Waals surface area (Å²) in [6.45, 7) is 0.112. The number of para-hydroxylation sites is 1. The summed E-state index contributed by atoms with van der Waals surface area (Å²) in [7, 11) is 0. The van der Waals surface area contributed by atoms with Crippen molar-refractivity contribution in [1.82, 2.24) is 15.0 Å². The average molecular weight is 210 g/mol. The first-order valence-corrected chi connectivity index (χ1v) is 4.28. The number of aromatic nitrogens is 3. The highest BCUT2D eigenvalue weighted by atomic mass is 19.1. The molecule has 1 aromatic heterocycles. The molecule has 0 aliphatic carbocycles. The Kier molecular flexibility index (Phi) is 2.42. The van der Waals surface area contributed by atoms with Crippen LogP contribution in [-0.4, -0.2) is 15.0 Å². The third kappa shape index (κ3) is 1.59. The Morgan fingerprint density at radius 3 is 2.53 bits per heavy atom. The molecule has 1 aromatic carbocycles. The van der Waals surface area contributed by atoms with E-state index in [0.717, 1.165) is 16.8 Å². The van der Waals surface area contributed by atoms with Gasteiger partial charge in [0.2, 0.25) is 0 Å². The Hall–Kier alpha value is -1.82. The van der Waals surface area contributed by atoms with Gasteiger partial charge in [-0.05, 0) is 12.1 Å². The largest absolute Gasteiger partial charge is 0.325 e. The van der Waals surface area contributed by atoms with Crippen molar-refractivity contribution >= 4 is 0 Å². The smallest absolute Gasteiger partial charge is 0.151 e.